The number of hydrogen-bond donors (Lipinski definition) is 0. The van der Waals surface area contributed by atoms with Crippen molar-refractivity contribution in [2.75, 3.05) is 26.2 Å². The lowest BCUT2D eigenvalue weighted by atomic mass is 9.80. The normalized spacial score (nSPS) is 19.9. The van der Waals surface area contributed by atoms with Crippen LogP contribution in [0.5, 0.6) is 5.75 Å². The van der Waals surface area contributed by atoms with Gasteiger partial charge in [0.05, 0.1) is 17.1 Å². The summed E-state index contributed by atoms with van der Waals surface area (Å²) in [6.07, 6.45) is -1.26. The number of rotatable bonds is 8. The Kier molecular flexibility index (Phi) is 7.54. The average molecular weight is 436 g/mol. The zero-order valence-electron chi connectivity index (χ0n) is 17.5. The zero-order chi connectivity index (χ0) is 22.4. The Balaban J connectivity index is 1.71. The summed E-state index contributed by atoms with van der Waals surface area (Å²) in [5, 5.41) is 11.0. The summed E-state index contributed by atoms with van der Waals surface area (Å²) in [6.45, 7) is 5.28. The van der Waals surface area contributed by atoms with Gasteiger partial charge in [-0.3, -0.25) is 10.1 Å². The van der Waals surface area contributed by atoms with Crippen LogP contribution < -0.4 is 4.74 Å². The molecule has 0 N–H and O–H groups in total. The molecule has 1 fully saturated rings. The van der Waals surface area contributed by atoms with E-state index in [0.717, 1.165) is 56.6 Å². The molecule has 2 aromatic carbocycles. The van der Waals surface area contributed by atoms with Gasteiger partial charge in [-0.1, -0.05) is 25.5 Å². The third-order valence-electron chi connectivity index (χ3n) is 5.82. The summed E-state index contributed by atoms with van der Waals surface area (Å²) in [7, 11) is 0. The average Bonchev–Trinajstić information content (AvgIpc) is 2.76. The molecule has 2 aromatic rings. The summed E-state index contributed by atoms with van der Waals surface area (Å²) in [5.41, 5.74) is 0.385. The third kappa shape index (κ3) is 6.19. The number of piperidine rings is 1. The van der Waals surface area contributed by atoms with Crippen molar-refractivity contribution in [1.29, 1.82) is 0 Å². The van der Waals surface area contributed by atoms with Crippen molar-refractivity contribution in [2.45, 2.75) is 38.3 Å². The highest BCUT2D eigenvalue weighted by molar-refractivity contribution is 5.35. The van der Waals surface area contributed by atoms with Crippen molar-refractivity contribution in [1.82, 2.24) is 4.90 Å². The molecule has 5 nitrogen and oxygen atoms in total. The van der Waals surface area contributed by atoms with Crippen molar-refractivity contribution in [3.8, 4) is 5.75 Å². The Bertz CT molecular complexity index is 854. The quantitative estimate of drug-likeness (QED) is 0.382. The molecular formula is C23H27F3N2O3. The largest absolute Gasteiger partial charge is 0.493 e. The van der Waals surface area contributed by atoms with Gasteiger partial charge < -0.3 is 9.64 Å². The molecule has 1 heterocycles. The van der Waals surface area contributed by atoms with Crippen LogP contribution in [0.2, 0.25) is 0 Å². The van der Waals surface area contributed by atoms with Gasteiger partial charge in [0.25, 0.3) is 5.69 Å². The number of benzene rings is 2. The molecule has 31 heavy (non-hydrogen) atoms. The van der Waals surface area contributed by atoms with Crippen molar-refractivity contribution in [2.24, 2.45) is 5.92 Å². The first kappa shape index (κ1) is 23.1. The van der Waals surface area contributed by atoms with Crippen molar-refractivity contribution >= 4 is 5.69 Å². The van der Waals surface area contributed by atoms with E-state index >= 15 is 0 Å². The van der Waals surface area contributed by atoms with Crippen LogP contribution in [0.1, 0.15) is 43.2 Å². The second kappa shape index (κ2) is 10.1. The van der Waals surface area contributed by atoms with Crippen LogP contribution in [0.25, 0.3) is 0 Å². The van der Waals surface area contributed by atoms with E-state index in [0.29, 0.717) is 12.4 Å². The minimum absolute atomic E-state index is 0.0571. The number of non-ortho nitro benzene ring substituents is 1. The fourth-order valence-electron chi connectivity index (χ4n) is 4.09. The lowest BCUT2D eigenvalue weighted by Crippen LogP contribution is -2.42. The van der Waals surface area contributed by atoms with Crippen molar-refractivity contribution < 1.29 is 22.8 Å². The summed E-state index contributed by atoms with van der Waals surface area (Å²) in [6, 6.07) is 11.4. The number of unbranched alkanes of at least 4 members (excludes halogenated alkanes) is 1. The van der Waals surface area contributed by atoms with Gasteiger partial charge in [-0.05, 0) is 61.7 Å². The predicted molar refractivity (Wildman–Crippen MR) is 112 cm³/mol. The first-order valence-electron chi connectivity index (χ1n) is 10.5. The lowest BCUT2D eigenvalue weighted by molar-refractivity contribution is -0.384. The number of likely N-dealkylation sites (tertiary alicyclic amines) is 1. The maximum atomic E-state index is 12.8. The van der Waals surface area contributed by atoms with E-state index in [-0.39, 0.29) is 17.5 Å². The van der Waals surface area contributed by atoms with E-state index < -0.39 is 16.7 Å². The highest BCUT2D eigenvalue weighted by atomic mass is 19.4. The van der Waals surface area contributed by atoms with E-state index in [1.807, 2.05) is 0 Å². The molecule has 0 radical (unpaired) electrons. The minimum atomic E-state index is -4.37. The molecule has 1 aliphatic heterocycles. The Morgan fingerprint density at radius 3 is 2.39 bits per heavy atom. The van der Waals surface area contributed by atoms with Crippen LogP contribution in [-0.2, 0) is 6.18 Å². The summed E-state index contributed by atoms with van der Waals surface area (Å²) >= 11 is 0. The van der Waals surface area contributed by atoms with Crippen LogP contribution >= 0.6 is 0 Å². The van der Waals surface area contributed by atoms with Crippen molar-refractivity contribution in [3.05, 3.63) is 69.8 Å². The molecule has 3 rings (SSSR count). The number of nitro groups is 1. The van der Waals surface area contributed by atoms with E-state index in [4.69, 9.17) is 4.74 Å². The Morgan fingerprint density at radius 1 is 1.13 bits per heavy atom. The maximum absolute atomic E-state index is 12.8. The van der Waals surface area contributed by atoms with Crippen LogP contribution in [-0.4, -0.2) is 36.1 Å². The summed E-state index contributed by atoms with van der Waals surface area (Å²) in [4.78, 5) is 12.9. The number of hydrogen-bond acceptors (Lipinski definition) is 4. The van der Waals surface area contributed by atoms with E-state index in [9.17, 15) is 23.3 Å². The smallest absolute Gasteiger partial charge is 0.416 e. The first-order chi connectivity index (χ1) is 14.8. The number of nitrogens with zero attached hydrogens (tertiary/aromatic N) is 2. The number of halogens is 3. The molecular weight excluding hydrogens is 409 g/mol. The SMILES string of the molecule is CCCCN1CCC(c2ccc([N+](=O)[O-])cc2)C(COc2ccc(C(F)(F)F)cc2)C1. The molecule has 2 atom stereocenters. The highest BCUT2D eigenvalue weighted by Gasteiger charge is 2.32. The van der Waals surface area contributed by atoms with Gasteiger partial charge in [0.15, 0.2) is 0 Å². The van der Waals surface area contributed by atoms with Gasteiger partial charge in [-0.15, -0.1) is 0 Å². The van der Waals surface area contributed by atoms with Gasteiger partial charge in [-0.2, -0.15) is 13.2 Å². The lowest BCUT2D eigenvalue weighted by Gasteiger charge is -2.38. The fraction of sp³-hybridized carbons (Fsp3) is 0.478. The van der Waals surface area contributed by atoms with Gasteiger partial charge in [0.2, 0.25) is 0 Å². The van der Waals surface area contributed by atoms with Crippen LogP contribution in [0.15, 0.2) is 48.5 Å². The Labute approximate surface area is 180 Å². The monoisotopic (exact) mass is 436 g/mol. The molecule has 1 aliphatic rings. The van der Waals surface area contributed by atoms with E-state index in [1.165, 1.54) is 24.3 Å². The second-order valence-corrected chi connectivity index (χ2v) is 7.99. The minimum Gasteiger partial charge on any atom is -0.493 e. The highest BCUT2D eigenvalue weighted by Crippen LogP contribution is 2.35. The summed E-state index contributed by atoms with van der Waals surface area (Å²) < 4.78 is 44.2. The van der Waals surface area contributed by atoms with Crippen LogP contribution in [0, 0.1) is 16.0 Å². The van der Waals surface area contributed by atoms with E-state index in [2.05, 4.69) is 11.8 Å². The predicted octanol–water partition coefficient (Wildman–Crippen LogP) is 5.90. The number of alkyl halides is 3. The molecule has 168 valence electrons. The Morgan fingerprint density at radius 2 is 1.81 bits per heavy atom. The fourth-order valence-corrected chi connectivity index (χ4v) is 4.09. The molecule has 0 bridgehead atoms. The zero-order valence-corrected chi connectivity index (χ0v) is 17.5. The standard InChI is InChI=1S/C23H27F3N2O3/c1-2-3-13-27-14-12-22(17-4-8-20(9-5-17)28(29)30)18(15-27)16-31-21-10-6-19(7-11-21)23(24,25)26/h4-11,18,22H,2-3,12-16H2,1H3. The van der Waals surface area contributed by atoms with E-state index in [1.54, 1.807) is 12.1 Å². The van der Waals surface area contributed by atoms with Crippen LogP contribution in [0.3, 0.4) is 0 Å². The van der Waals surface area contributed by atoms with Gasteiger partial charge >= 0.3 is 6.18 Å². The number of nitro benzene ring substituents is 1. The van der Waals surface area contributed by atoms with Crippen LogP contribution in [0.4, 0.5) is 18.9 Å². The molecule has 8 heteroatoms. The first-order valence-corrected chi connectivity index (χ1v) is 10.5. The topological polar surface area (TPSA) is 55.6 Å². The van der Waals surface area contributed by atoms with Crippen molar-refractivity contribution in [3.63, 3.8) is 0 Å². The molecule has 0 aliphatic carbocycles. The van der Waals surface area contributed by atoms with Gasteiger partial charge in [0.1, 0.15) is 5.75 Å². The van der Waals surface area contributed by atoms with Gasteiger partial charge in [-0.25, -0.2) is 0 Å². The number of ether oxygens (including phenoxy) is 1. The molecule has 0 spiro atoms. The molecule has 0 amide bonds. The molecule has 0 saturated carbocycles. The second-order valence-electron chi connectivity index (χ2n) is 7.99. The Hall–Kier alpha value is -2.61. The molecule has 0 aromatic heterocycles. The molecule has 2 unspecified atom stereocenters. The maximum Gasteiger partial charge on any atom is 0.416 e. The third-order valence-corrected chi connectivity index (χ3v) is 5.82. The molecule has 1 saturated heterocycles. The summed E-state index contributed by atoms with van der Waals surface area (Å²) in [5.74, 6) is 0.712. The van der Waals surface area contributed by atoms with Gasteiger partial charge in [0, 0.05) is 24.6 Å².